The first-order valence-electron chi connectivity index (χ1n) is 19.8. The minimum Gasteiger partial charge on any atom is -0.497 e. The fraction of sp³-hybridized carbons (Fsp3) is 0.333. The molecule has 0 spiro atoms. The fourth-order valence-corrected chi connectivity index (χ4v) is 8.60. The second-order valence-electron chi connectivity index (χ2n) is 16.2. The van der Waals surface area contributed by atoms with E-state index in [-0.39, 0.29) is 37.2 Å². The van der Waals surface area contributed by atoms with Gasteiger partial charge in [0, 0.05) is 36.0 Å². The summed E-state index contributed by atoms with van der Waals surface area (Å²) < 4.78 is 46.0. The summed E-state index contributed by atoms with van der Waals surface area (Å²) >= 11 is 0. The maximum absolute atomic E-state index is 15.0. The van der Waals surface area contributed by atoms with E-state index in [1.54, 1.807) is 51.1 Å². The number of carbonyl (C=O) groups excluding carboxylic acids is 5. The van der Waals surface area contributed by atoms with Crippen molar-refractivity contribution in [3.63, 3.8) is 0 Å². The number of ketones is 1. The van der Waals surface area contributed by atoms with E-state index in [2.05, 4.69) is 23.8 Å². The predicted molar refractivity (Wildman–Crippen MR) is 230 cm³/mol. The Morgan fingerprint density at radius 2 is 1.68 bits per heavy atom. The summed E-state index contributed by atoms with van der Waals surface area (Å²) in [6.45, 7) is 12.0. The Morgan fingerprint density at radius 3 is 2.31 bits per heavy atom. The Labute approximate surface area is 359 Å². The Balaban J connectivity index is 1.37. The number of likely N-dealkylation sites (tertiary alicyclic amines) is 1. The number of ether oxygens (including phenoxy) is 3. The van der Waals surface area contributed by atoms with Crippen LogP contribution in [0.5, 0.6) is 11.5 Å². The smallest absolute Gasteiger partial charge is 0.408 e. The lowest BCUT2D eigenvalue weighted by atomic mass is 9.88. The minimum atomic E-state index is -4.38. The molecule has 1 saturated carbocycles. The highest BCUT2D eigenvalue weighted by molar-refractivity contribution is 7.90. The van der Waals surface area contributed by atoms with E-state index in [0.717, 1.165) is 11.6 Å². The Kier molecular flexibility index (Phi) is 12.9. The zero-order chi connectivity index (χ0) is 45.0. The highest BCUT2D eigenvalue weighted by Gasteiger charge is 2.74. The maximum atomic E-state index is 15.0. The number of rotatable bonds is 16. The molecule has 326 valence electrons. The third kappa shape index (κ3) is 9.48. The number of nitrogens with one attached hydrogen (secondary N) is 3. The van der Waals surface area contributed by atoms with E-state index in [1.165, 1.54) is 42.4 Å². The molecule has 1 saturated heterocycles. The molecule has 1 unspecified atom stereocenters. The summed E-state index contributed by atoms with van der Waals surface area (Å²) in [7, 11) is -2.84. The van der Waals surface area contributed by atoms with Crippen molar-refractivity contribution < 1.29 is 46.6 Å². The van der Waals surface area contributed by atoms with Gasteiger partial charge in [0.05, 0.1) is 41.2 Å². The van der Waals surface area contributed by atoms with Crippen molar-refractivity contribution in [2.24, 2.45) is 11.1 Å². The van der Waals surface area contributed by atoms with E-state index in [4.69, 9.17) is 24.9 Å². The van der Waals surface area contributed by atoms with Crippen molar-refractivity contribution in [1.82, 2.24) is 25.2 Å². The molecule has 0 bridgehead atoms. The maximum Gasteiger partial charge on any atom is 0.408 e. The molecule has 17 heteroatoms. The molecule has 5 atom stereocenters. The molecular formula is C45H50N6O10S. The lowest BCUT2D eigenvalue weighted by molar-refractivity contribution is -0.141. The van der Waals surface area contributed by atoms with Crippen molar-refractivity contribution in [3.8, 4) is 22.8 Å². The number of pyridine rings is 1. The monoisotopic (exact) mass is 866 g/mol. The first kappa shape index (κ1) is 44.9. The minimum absolute atomic E-state index is 0.0727. The van der Waals surface area contributed by atoms with Crippen molar-refractivity contribution in [1.29, 1.82) is 0 Å². The number of hydrogen-bond acceptors (Lipinski definition) is 12. The number of Topliss-reactive ketones (excluding diaryl/α,β-unsaturated/α-hetero) is 1. The van der Waals surface area contributed by atoms with Crippen LogP contribution in [0.2, 0.25) is 0 Å². The van der Waals surface area contributed by atoms with E-state index in [9.17, 15) is 32.4 Å². The highest BCUT2D eigenvalue weighted by Crippen LogP contribution is 2.58. The van der Waals surface area contributed by atoms with Gasteiger partial charge in [-0.25, -0.2) is 22.9 Å². The molecule has 5 N–H and O–H groups in total. The average molecular weight is 867 g/mol. The third-order valence-electron chi connectivity index (χ3n) is 10.8. The summed E-state index contributed by atoms with van der Waals surface area (Å²) in [5.41, 5.74) is 3.74. The van der Waals surface area contributed by atoms with E-state index < -0.39 is 74.4 Å². The lowest BCUT2D eigenvalue weighted by Crippen LogP contribution is -2.56. The van der Waals surface area contributed by atoms with Crippen LogP contribution in [-0.2, 0) is 33.9 Å². The van der Waals surface area contributed by atoms with Gasteiger partial charge < -0.3 is 35.5 Å². The third-order valence-corrected chi connectivity index (χ3v) is 12.1. The van der Waals surface area contributed by atoms with Gasteiger partial charge >= 0.3 is 6.09 Å². The SMILES string of the molecule is C=CC(=O)NCCC(NC(=O)OC(C)(C)C)C(=O)N1C[C@H](Oc2cc(-c3ccccc3)nc3cc(OC)ccc23)C[C@H]1C(=O)[C@]1(C=C)C[C@]1(N)C(=O)NS(=O)(=O)c1ccccc1. The molecule has 4 amide bonds. The van der Waals surface area contributed by atoms with Gasteiger partial charge in [0.2, 0.25) is 11.8 Å². The quantitative estimate of drug-likeness (QED) is 0.0919. The van der Waals surface area contributed by atoms with Crippen LogP contribution in [0.1, 0.15) is 40.0 Å². The number of sulfonamides is 1. The van der Waals surface area contributed by atoms with Crippen LogP contribution in [-0.4, -0.2) is 97.4 Å². The number of methoxy groups -OCH3 is 1. The molecule has 2 fully saturated rings. The van der Waals surface area contributed by atoms with Gasteiger partial charge in [-0.3, -0.25) is 19.2 Å². The van der Waals surface area contributed by atoms with Crippen LogP contribution < -0.4 is 30.6 Å². The second-order valence-corrected chi connectivity index (χ2v) is 17.8. The Hall–Kier alpha value is -6.59. The normalized spacial score (nSPS) is 21.2. The van der Waals surface area contributed by atoms with Gasteiger partial charge in [0.1, 0.15) is 34.8 Å². The van der Waals surface area contributed by atoms with Crippen LogP contribution in [0.4, 0.5) is 4.79 Å². The zero-order valence-electron chi connectivity index (χ0n) is 34.9. The summed E-state index contributed by atoms with van der Waals surface area (Å²) in [6.07, 6.45) is -0.0487. The van der Waals surface area contributed by atoms with Gasteiger partial charge in [-0.05, 0) is 64.0 Å². The number of alkyl carbamates (subject to hydrolysis) is 1. The Bertz CT molecular complexity index is 2510. The van der Waals surface area contributed by atoms with Crippen molar-refractivity contribution in [2.45, 2.75) is 74.3 Å². The molecule has 1 aliphatic heterocycles. The van der Waals surface area contributed by atoms with Gasteiger partial charge in [-0.15, -0.1) is 6.58 Å². The number of carbonyl (C=O) groups is 5. The predicted octanol–water partition coefficient (Wildman–Crippen LogP) is 4.19. The molecule has 4 aromatic rings. The van der Waals surface area contributed by atoms with Crippen LogP contribution in [0.15, 0.2) is 115 Å². The molecule has 16 nitrogen and oxygen atoms in total. The van der Waals surface area contributed by atoms with Gasteiger partial charge in [0.15, 0.2) is 5.78 Å². The summed E-state index contributed by atoms with van der Waals surface area (Å²) in [4.78, 5) is 74.6. The molecule has 2 aliphatic rings. The number of nitrogens with zero attached hydrogens (tertiary/aromatic N) is 2. The van der Waals surface area contributed by atoms with Crippen LogP contribution >= 0.6 is 0 Å². The summed E-state index contributed by atoms with van der Waals surface area (Å²) in [5.74, 6) is -2.11. The lowest BCUT2D eigenvalue weighted by Gasteiger charge is -2.31. The highest BCUT2D eigenvalue weighted by atomic mass is 32.2. The number of aromatic nitrogens is 1. The topological polar surface area (TPSA) is 225 Å². The summed E-state index contributed by atoms with van der Waals surface area (Å²) in [6, 6.07) is 21.0. The van der Waals surface area contributed by atoms with E-state index in [0.29, 0.717) is 28.1 Å². The molecule has 6 rings (SSSR count). The Morgan fingerprint density at radius 1 is 1.00 bits per heavy atom. The molecule has 1 aliphatic carbocycles. The largest absolute Gasteiger partial charge is 0.497 e. The molecule has 0 radical (unpaired) electrons. The molecular weight excluding hydrogens is 817 g/mol. The van der Waals surface area contributed by atoms with E-state index in [1.807, 2.05) is 35.1 Å². The van der Waals surface area contributed by atoms with Gasteiger partial charge in [-0.1, -0.05) is 61.2 Å². The van der Waals surface area contributed by atoms with Crippen LogP contribution in [0.25, 0.3) is 22.2 Å². The van der Waals surface area contributed by atoms with Crippen molar-refractivity contribution in [3.05, 3.63) is 110 Å². The fourth-order valence-electron chi connectivity index (χ4n) is 7.54. The molecule has 2 heterocycles. The van der Waals surface area contributed by atoms with Crippen molar-refractivity contribution >= 4 is 50.5 Å². The number of nitrogens with two attached hydrogens (primary N) is 1. The second kappa shape index (κ2) is 17.8. The first-order chi connectivity index (χ1) is 29.3. The molecule has 1 aromatic heterocycles. The average Bonchev–Trinajstić information content (AvgIpc) is 3.69. The molecule has 62 heavy (non-hydrogen) atoms. The standard InChI is InChI=1S/C45H50N6O10S/c1-7-38(52)47-22-21-33(49-42(56)61-43(3,4)5)40(54)51-26-30(60-37-25-34(28-15-11-9-12-16-28)48-35-23-29(59-6)19-20-32(35)37)24-36(51)39(53)44(8-2)27-45(44,46)41(55)50-62(57,58)31-17-13-10-14-18-31/h7-20,23,25,30,33,36H,1-2,21-22,24,26-27,46H2,3-6H3,(H,47,52)(H,49,56)(H,50,55)/t30-,33?,36+,44+,45+/m1/s1. The van der Waals surface area contributed by atoms with Gasteiger partial charge in [0.25, 0.3) is 15.9 Å². The van der Waals surface area contributed by atoms with Gasteiger partial charge in [-0.2, -0.15) is 0 Å². The van der Waals surface area contributed by atoms with E-state index >= 15 is 0 Å². The number of fused-ring (bicyclic) bond motifs is 1. The number of amides is 4. The number of benzene rings is 3. The van der Waals surface area contributed by atoms with Crippen molar-refractivity contribution in [2.75, 3.05) is 20.2 Å². The summed E-state index contributed by atoms with van der Waals surface area (Å²) in [5, 5.41) is 5.80. The zero-order valence-corrected chi connectivity index (χ0v) is 35.7. The number of hydrogen-bond donors (Lipinski definition) is 4. The van der Waals surface area contributed by atoms with Crippen LogP contribution in [0, 0.1) is 5.41 Å². The van der Waals surface area contributed by atoms with Crippen LogP contribution in [0.3, 0.4) is 0 Å². The molecule has 3 aromatic carbocycles. The first-order valence-corrected chi connectivity index (χ1v) is 21.3.